The minimum absolute atomic E-state index is 0.0850. The van der Waals surface area contributed by atoms with E-state index in [0.717, 1.165) is 12.0 Å². The van der Waals surface area contributed by atoms with Gasteiger partial charge in [-0.3, -0.25) is 5.32 Å². The molecule has 0 aromatic heterocycles. The van der Waals surface area contributed by atoms with E-state index < -0.39 is 6.04 Å². The summed E-state index contributed by atoms with van der Waals surface area (Å²) in [5.41, 5.74) is 0.575. The quantitative estimate of drug-likeness (QED) is 0.718. The molecule has 4 heteroatoms. The summed E-state index contributed by atoms with van der Waals surface area (Å²) in [6, 6.07) is 9.02. The Balaban J connectivity index is 2.96. The number of nitrogens with one attached hydrogen (secondary N) is 1. The molecular formula is C16H25NO3. The van der Waals surface area contributed by atoms with Gasteiger partial charge < -0.3 is 9.84 Å². The molecule has 0 saturated carbocycles. The molecule has 0 fully saturated rings. The van der Waals surface area contributed by atoms with E-state index >= 15 is 0 Å². The highest BCUT2D eigenvalue weighted by Crippen LogP contribution is 2.22. The normalized spacial score (nSPS) is 15.4. The van der Waals surface area contributed by atoms with Gasteiger partial charge in [0.15, 0.2) is 0 Å². The number of hydrogen-bond donors (Lipinski definition) is 2. The van der Waals surface area contributed by atoms with E-state index in [4.69, 9.17) is 4.74 Å². The van der Waals surface area contributed by atoms with Gasteiger partial charge >= 0.3 is 5.97 Å². The average Bonchev–Trinajstić information content (AvgIpc) is 2.46. The molecule has 0 aliphatic rings. The van der Waals surface area contributed by atoms with E-state index in [-0.39, 0.29) is 18.1 Å². The molecule has 0 saturated heterocycles. The standard InChI is InChI=1S/C16H25NO3/c1-4-16(3,11-12-18)17-14(15(19)20-5-2)13-9-7-6-8-10-13/h6-10,14,17-18H,4-5,11-12H2,1-3H3. The van der Waals surface area contributed by atoms with Gasteiger partial charge in [-0.1, -0.05) is 37.3 Å². The molecular weight excluding hydrogens is 254 g/mol. The smallest absolute Gasteiger partial charge is 0.327 e. The first-order valence-corrected chi connectivity index (χ1v) is 7.16. The third kappa shape index (κ3) is 4.62. The van der Waals surface area contributed by atoms with E-state index in [9.17, 15) is 9.90 Å². The second-order valence-corrected chi connectivity index (χ2v) is 5.13. The van der Waals surface area contributed by atoms with Crippen molar-refractivity contribution in [3.63, 3.8) is 0 Å². The van der Waals surface area contributed by atoms with Gasteiger partial charge in [0.05, 0.1) is 6.61 Å². The molecule has 4 nitrogen and oxygen atoms in total. The zero-order valence-corrected chi connectivity index (χ0v) is 12.6. The lowest BCUT2D eigenvalue weighted by molar-refractivity contribution is -0.146. The Morgan fingerprint density at radius 1 is 1.35 bits per heavy atom. The number of rotatable bonds is 8. The van der Waals surface area contributed by atoms with Gasteiger partial charge in [-0.2, -0.15) is 0 Å². The summed E-state index contributed by atoms with van der Waals surface area (Å²) in [6.45, 7) is 6.29. The molecule has 112 valence electrons. The van der Waals surface area contributed by atoms with Crippen LogP contribution in [0.3, 0.4) is 0 Å². The lowest BCUT2D eigenvalue weighted by Gasteiger charge is -2.33. The van der Waals surface area contributed by atoms with Crippen molar-refractivity contribution in [2.75, 3.05) is 13.2 Å². The molecule has 0 spiro atoms. The lowest BCUT2D eigenvalue weighted by Crippen LogP contribution is -2.47. The summed E-state index contributed by atoms with van der Waals surface area (Å²) in [7, 11) is 0. The van der Waals surface area contributed by atoms with E-state index in [1.807, 2.05) is 44.2 Å². The fourth-order valence-electron chi connectivity index (χ4n) is 2.10. The highest BCUT2D eigenvalue weighted by atomic mass is 16.5. The van der Waals surface area contributed by atoms with Crippen molar-refractivity contribution in [1.82, 2.24) is 5.32 Å². The van der Waals surface area contributed by atoms with Crippen molar-refractivity contribution < 1.29 is 14.6 Å². The molecule has 0 bridgehead atoms. The number of aliphatic hydroxyl groups excluding tert-OH is 1. The van der Waals surface area contributed by atoms with E-state index in [2.05, 4.69) is 5.32 Å². The van der Waals surface area contributed by atoms with Crippen LogP contribution in [0.1, 0.15) is 45.2 Å². The number of carbonyl (C=O) groups excluding carboxylic acids is 1. The highest BCUT2D eigenvalue weighted by molar-refractivity contribution is 5.77. The summed E-state index contributed by atoms with van der Waals surface area (Å²) in [5, 5.41) is 12.5. The monoisotopic (exact) mass is 279 g/mol. The van der Waals surface area contributed by atoms with Crippen LogP contribution in [0.15, 0.2) is 30.3 Å². The Hall–Kier alpha value is -1.39. The Bertz CT molecular complexity index is 407. The summed E-state index contributed by atoms with van der Waals surface area (Å²) in [6.07, 6.45) is 1.41. The van der Waals surface area contributed by atoms with Crippen LogP contribution in [-0.4, -0.2) is 29.8 Å². The van der Waals surface area contributed by atoms with Crippen molar-refractivity contribution in [3.8, 4) is 0 Å². The van der Waals surface area contributed by atoms with Crippen molar-refractivity contribution >= 4 is 5.97 Å². The molecule has 0 aliphatic carbocycles. The third-order valence-corrected chi connectivity index (χ3v) is 3.59. The fourth-order valence-corrected chi connectivity index (χ4v) is 2.10. The topological polar surface area (TPSA) is 58.6 Å². The van der Waals surface area contributed by atoms with Gasteiger partial charge in [0.1, 0.15) is 6.04 Å². The van der Waals surface area contributed by atoms with Crippen molar-refractivity contribution in [2.45, 2.75) is 45.2 Å². The van der Waals surface area contributed by atoms with E-state index in [1.54, 1.807) is 6.92 Å². The summed E-state index contributed by atoms with van der Waals surface area (Å²) < 4.78 is 5.16. The summed E-state index contributed by atoms with van der Waals surface area (Å²) in [5.74, 6) is -0.281. The maximum absolute atomic E-state index is 12.2. The van der Waals surface area contributed by atoms with Gasteiger partial charge in [-0.25, -0.2) is 4.79 Å². The largest absolute Gasteiger partial charge is 0.465 e. The first-order valence-electron chi connectivity index (χ1n) is 7.16. The predicted molar refractivity (Wildman–Crippen MR) is 79.4 cm³/mol. The number of aliphatic hydroxyl groups is 1. The lowest BCUT2D eigenvalue weighted by atomic mass is 9.92. The van der Waals surface area contributed by atoms with Crippen LogP contribution >= 0.6 is 0 Å². The minimum atomic E-state index is -0.507. The number of hydrogen-bond acceptors (Lipinski definition) is 4. The molecule has 1 aromatic rings. The SMILES string of the molecule is CCOC(=O)C(NC(C)(CC)CCO)c1ccccc1. The Morgan fingerprint density at radius 2 is 2.00 bits per heavy atom. The first kappa shape index (κ1) is 16.7. The van der Waals surface area contributed by atoms with E-state index in [1.165, 1.54) is 0 Å². The minimum Gasteiger partial charge on any atom is -0.465 e. The maximum atomic E-state index is 12.2. The zero-order chi connectivity index (χ0) is 15.0. The van der Waals surface area contributed by atoms with Crippen LogP contribution < -0.4 is 5.32 Å². The van der Waals surface area contributed by atoms with Crippen LogP contribution in [0.25, 0.3) is 0 Å². The van der Waals surface area contributed by atoms with Gasteiger partial charge in [0, 0.05) is 12.1 Å². The van der Waals surface area contributed by atoms with E-state index in [0.29, 0.717) is 13.0 Å². The number of ether oxygens (including phenoxy) is 1. The van der Waals surface area contributed by atoms with Crippen LogP contribution in [0.4, 0.5) is 0 Å². The van der Waals surface area contributed by atoms with Crippen LogP contribution in [0.5, 0.6) is 0 Å². The summed E-state index contributed by atoms with van der Waals surface area (Å²) in [4.78, 5) is 12.2. The molecule has 2 unspecified atom stereocenters. The highest BCUT2D eigenvalue weighted by Gasteiger charge is 2.30. The molecule has 2 N–H and O–H groups in total. The molecule has 0 aliphatic heterocycles. The van der Waals surface area contributed by atoms with Gasteiger partial charge in [0.2, 0.25) is 0 Å². The van der Waals surface area contributed by atoms with Crippen molar-refractivity contribution in [2.24, 2.45) is 0 Å². The molecule has 1 aromatic carbocycles. The molecule has 2 atom stereocenters. The Morgan fingerprint density at radius 3 is 2.50 bits per heavy atom. The number of carbonyl (C=O) groups is 1. The molecule has 20 heavy (non-hydrogen) atoms. The van der Waals surface area contributed by atoms with Crippen LogP contribution in [0, 0.1) is 0 Å². The molecule has 1 rings (SSSR count). The zero-order valence-electron chi connectivity index (χ0n) is 12.6. The second kappa shape index (κ2) is 8.02. The summed E-state index contributed by atoms with van der Waals surface area (Å²) >= 11 is 0. The Labute approximate surface area is 121 Å². The average molecular weight is 279 g/mol. The molecule has 0 radical (unpaired) electrons. The predicted octanol–water partition coefficient (Wildman–Crippen LogP) is 2.43. The van der Waals surface area contributed by atoms with Gasteiger partial charge in [-0.15, -0.1) is 0 Å². The number of esters is 1. The second-order valence-electron chi connectivity index (χ2n) is 5.13. The Kier molecular flexibility index (Phi) is 6.68. The van der Waals surface area contributed by atoms with Crippen molar-refractivity contribution in [1.29, 1.82) is 0 Å². The molecule has 0 heterocycles. The fraction of sp³-hybridized carbons (Fsp3) is 0.562. The first-order chi connectivity index (χ1) is 9.56. The van der Waals surface area contributed by atoms with Gasteiger partial charge in [0.25, 0.3) is 0 Å². The molecule has 0 amide bonds. The van der Waals surface area contributed by atoms with Crippen LogP contribution in [0.2, 0.25) is 0 Å². The number of benzene rings is 1. The van der Waals surface area contributed by atoms with Crippen LogP contribution in [-0.2, 0) is 9.53 Å². The van der Waals surface area contributed by atoms with Gasteiger partial charge in [-0.05, 0) is 32.3 Å². The maximum Gasteiger partial charge on any atom is 0.327 e. The third-order valence-electron chi connectivity index (χ3n) is 3.59. The van der Waals surface area contributed by atoms with Crippen molar-refractivity contribution in [3.05, 3.63) is 35.9 Å².